The second-order valence-corrected chi connectivity index (χ2v) is 12.7. The highest BCUT2D eigenvalue weighted by molar-refractivity contribution is 7.93. The van der Waals surface area contributed by atoms with Gasteiger partial charge in [-0.25, -0.2) is 22.2 Å². The van der Waals surface area contributed by atoms with Crippen LogP contribution in [-0.4, -0.2) is 50.7 Å². The van der Waals surface area contributed by atoms with Crippen LogP contribution < -0.4 is 14.9 Å². The van der Waals surface area contributed by atoms with Gasteiger partial charge in [0.15, 0.2) is 0 Å². The monoisotopic (exact) mass is 508 g/mol. The van der Waals surface area contributed by atoms with E-state index in [0.717, 1.165) is 12.0 Å². The highest BCUT2D eigenvalue weighted by Gasteiger charge is 2.28. The minimum atomic E-state index is -3.99. The lowest BCUT2D eigenvalue weighted by Gasteiger charge is -2.27. The molecule has 186 valence electrons. The van der Waals surface area contributed by atoms with Crippen LogP contribution in [0.2, 0.25) is 0 Å². The smallest absolute Gasteiger partial charge is 0.407 e. The van der Waals surface area contributed by atoms with Gasteiger partial charge >= 0.3 is 6.09 Å². The molecule has 1 heterocycles. The molecule has 3 N–H and O–H groups in total. The summed E-state index contributed by atoms with van der Waals surface area (Å²) in [6, 6.07) is 11.7. The number of hydrogen-bond acceptors (Lipinski definition) is 7. The second-order valence-electron chi connectivity index (χ2n) is 8.74. The maximum atomic E-state index is 13.7. The average molecular weight is 509 g/mol. The number of sulfonamides is 1. The van der Waals surface area contributed by atoms with Crippen LogP contribution in [0.15, 0.2) is 52.3 Å². The Hall–Kier alpha value is -2.79. The van der Waals surface area contributed by atoms with Crippen molar-refractivity contribution < 1.29 is 22.2 Å². The van der Waals surface area contributed by atoms with Gasteiger partial charge in [-0.1, -0.05) is 32.9 Å². The highest BCUT2D eigenvalue weighted by Crippen LogP contribution is 2.30. The number of rotatable bonds is 10. The third-order valence-electron chi connectivity index (χ3n) is 5.39. The van der Waals surface area contributed by atoms with Crippen molar-refractivity contribution in [3.63, 3.8) is 0 Å². The normalized spacial score (nSPS) is 17.7. The van der Waals surface area contributed by atoms with Crippen molar-refractivity contribution in [2.45, 2.75) is 43.1 Å². The van der Waals surface area contributed by atoms with Crippen LogP contribution >= 0.6 is 0 Å². The van der Waals surface area contributed by atoms with E-state index in [2.05, 4.69) is 10.6 Å². The van der Waals surface area contributed by atoms with Gasteiger partial charge in [-0.15, -0.1) is 0 Å². The van der Waals surface area contributed by atoms with Crippen molar-refractivity contribution in [1.29, 1.82) is 4.78 Å². The van der Waals surface area contributed by atoms with Crippen LogP contribution in [0.5, 0.6) is 0 Å². The second kappa shape index (κ2) is 10.2. The van der Waals surface area contributed by atoms with Crippen LogP contribution in [0.3, 0.4) is 0 Å². The summed E-state index contributed by atoms with van der Waals surface area (Å²) < 4.78 is 54.7. The molecule has 1 saturated heterocycles. The van der Waals surface area contributed by atoms with Gasteiger partial charge in [0.1, 0.15) is 6.10 Å². The standard InChI is InChI=1S/C23H32N4O5S2/c1-5-17-6-8-18(9-7-17)27(15-16(2)3)34(30,31)20-10-11-21(22(12-20)33(4,24)29)25-13-19-14-26-23(28)32-19/h6-12,16,19,24-25H,5,13-15H2,1-4H3,(H,26,28)/t19-,33?/m1/s1. The van der Waals surface area contributed by atoms with E-state index in [-0.39, 0.29) is 28.8 Å². The minimum absolute atomic E-state index is 0.0379. The number of cyclic esters (lactones) is 1. The third kappa shape index (κ3) is 6.01. The molecule has 34 heavy (non-hydrogen) atoms. The number of aryl methyl sites for hydroxylation is 1. The summed E-state index contributed by atoms with van der Waals surface area (Å²) in [5.74, 6) is 0.0651. The van der Waals surface area contributed by atoms with Gasteiger partial charge in [-0.05, 0) is 48.2 Å². The number of benzene rings is 2. The van der Waals surface area contributed by atoms with Crippen LogP contribution in [0.25, 0.3) is 0 Å². The summed E-state index contributed by atoms with van der Waals surface area (Å²) in [6.07, 6.45) is 1.16. The lowest BCUT2D eigenvalue weighted by Crippen LogP contribution is -2.34. The summed E-state index contributed by atoms with van der Waals surface area (Å²) in [6.45, 7) is 6.74. The number of anilines is 2. The number of amides is 1. The van der Waals surface area contributed by atoms with Crippen molar-refractivity contribution in [1.82, 2.24) is 5.32 Å². The van der Waals surface area contributed by atoms with Gasteiger partial charge in [-0.3, -0.25) is 4.31 Å². The molecule has 2 atom stereocenters. The van der Waals surface area contributed by atoms with E-state index in [9.17, 15) is 17.4 Å². The Kier molecular flexibility index (Phi) is 7.77. The maximum absolute atomic E-state index is 13.7. The molecule has 0 saturated carbocycles. The lowest BCUT2D eigenvalue weighted by molar-refractivity contribution is 0.145. The molecule has 2 aromatic rings. The predicted molar refractivity (Wildman–Crippen MR) is 133 cm³/mol. The van der Waals surface area contributed by atoms with Gasteiger partial charge in [-0.2, -0.15) is 0 Å². The number of hydrogen-bond donors (Lipinski definition) is 3. The van der Waals surface area contributed by atoms with Crippen molar-refractivity contribution >= 4 is 37.2 Å². The first-order valence-corrected chi connectivity index (χ1v) is 14.5. The average Bonchev–Trinajstić information content (AvgIpc) is 3.20. The Bertz CT molecular complexity index is 1240. The van der Waals surface area contributed by atoms with Crippen molar-refractivity contribution in [3.05, 3.63) is 48.0 Å². The Morgan fingerprint density at radius 1 is 1.18 bits per heavy atom. The first-order valence-electron chi connectivity index (χ1n) is 11.1. The van der Waals surface area contributed by atoms with E-state index in [1.807, 2.05) is 32.9 Å². The van der Waals surface area contributed by atoms with Crippen LogP contribution in [0, 0.1) is 10.7 Å². The first-order chi connectivity index (χ1) is 15.9. The zero-order valence-corrected chi connectivity index (χ0v) is 21.5. The molecular weight excluding hydrogens is 476 g/mol. The fourth-order valence-corrected chi connectivity index (χ4v) is 6.24. The van der Waals surface area contributed by atoms with Gasteiger partial charge in [0, 0.05) is 12.8 Å². The zero-order valence-electron chi connectivity index (χ0n) is 19.8. The SMILES string of the molecule is CCc1ccc(N(CC(C)C)S(=O)(=O)c2ccc(NC[C@@H]3CNC(=O)O3)c(S(C)(=N)=O)c2)cc1. The Balaban J connectivity index is 1.98. The summed E-state index contributed by atoms with van der Waals surface area (Å²) in [4.78, 5) is 11.3. The molecule has 1 amide bonds. The molecule has 9 nitrogen and oxygen atoms in total. The number of ether oxygens (including phenoxy) is 1. The maximum Gasteiger partial charge on any atom is 0.407 e. The fraction of sp³-hybridized carbons (Fsp3) is 0.435. The van der Waals surface area contributed by atoms with Crippen molar-refractivity contribution in [3.8, 4) is 0 Å². The topological polar surface area (TPSA) is 129 Å². The molecular formula is C23H32N4O5S2. The van der Waals surface area contributed by atoms with Crippen LogP contribution in [-0.2, 0) is 30.9 Å². The molecule has 0 bridgehead atoms. The van der Waals surface area contributed by atoms with Gasteiger partial charge in [0.25, 0.3) is 10.0 Å². The number of nitrogens with one attached hydrogen (secondary N) is 3. The predicted octanol–water partition coefficient (Wildman–Crippen LogP) is 3.66. The van der Waals surface area contributed by atoms with Crippen LogP contribution in [0.1, 0.15) is 26.3 Å². The van der Waals surface area contributed by atoms with E-state index < -0.39 is 31.9 Å². The summed E-state index contributed by atoms with van der Waals surface area (Å²) in [5, 5.41) is 5.59. The number of carbonyl (C=O) groups excluding carboxylic acids is 1. The number of carbonyl (C=O) groups is 1. The molecule has 1 unspecified atom stereocenters. The Morgan fingerprint density at radius 2 is 1.85 bits per heavy atom. The van der Waals surface area contributed by atoms with E-state index in [1.165, 1.54) is 28.8 Å². The van der Waals surface area contributed by atoms with Gasteiger partial charge < -0.3 is 15.4 Å². The zero-order chi connectivity index (χ0) is 25.1. The summed E-state index contributed by atoms with van der Waals surface area (Å²) in [7, 11) is -7.25. The lowest BCUT2D eigenvalue weighted by atomic mass is 10.1. The Labute approximate surface area is 201 Å². The van der Waals surface area contributed by atoms with Crippen LogP contribution in [0.4, 0.5) is 16.2 Å². The highest BCUT2D eigenvalue weighted by atomic mass is 32.2. The van der Waals surface area contributed by atoms with E-state index in [0.29, 0.717) is 17.9 Å². The quantitative estimate of drug-likeness (QED) is 0.449. The summed E-state index contributed by atoms with van der Waals surface area (Å²) >= 11 is 0. The fourth-order valence-electron chi connectivity index (χ4n) is 3.60. The molecule has 2 aromatic carbocycles. The molecule has 11 heteroatoms. The Morgan fingerprint density at radius 3 is 2.38 bits per heavy atom. The molecule has 0 aromatic heterocycles. The summed E-state index contributed by atoms with van der Waals surface area (Å²) in [5.41, 5.74) is 2.02. The first kappa shape index (κ1) is 25.8. The molecule has 3 rings (SSSR count). The largest absolute Gasteiger partial charge is 0.442 e. The third-order valence-corrected chi connectivity index (χ3v) is 8.36. The number of alkyl carbamates (subject to hydrolysis) is 1. The molecule has 0 spiro atoms. The molecule has 1 aliphatic rings. The molecule has 1 aliphatic heterocycles. The number of nitrogens with zero attached hydrogens (tertiary/aromatic N) is 1. The van der Waals surface area contributed by atoms with E-state index in [1.54, 1.807) is 12.1 Å². The van der Waals surface area contributed by atoms with Crippen molar-refractivity contribution in [2.24, 2.45) is 5.92 Å². The van der Waals surface area contributed by atoms with Crippen molar-refractivity contribution in [2.75, 3.05) is 35.5 Å². The van der Waals surface area contributed by atoms with E-state index >= 15 is 0 Å². The van der Waals surface area contributed by atoms with Gasteiger partial charge in [0.05, 0.1) is 44.0 Å². The molecule has 0 radical (unpaired) electrons. The minimum Gasteiger partial charge on any atom is -0.442 e. The molecule has 0 aliphatic carbocycles. The molecule has 1 fully saturated rings. The van der Waals surface area contributed by atoms with E-state index in [4.69, 9.17) is 9.52 Å². The van der Waals surface area contributed by atoms with Gasteiger partial charge in [0.2, 0.25) is 0 Å².